The van der Waals surface area contributed by atoms with Crippen LogP contribution >= 0.6 is 15.9 Å². The minimum absolute atomic E-state index is 0.501. The van der Waals surface area contributed by atoms with Crippen molar-refractivity contribution in [1.82, 2.24) is 15.1 Å². The smallest absolute Gasteiger partial charge is 0.0673 e. The number of aromatic nitrogens is 2. The minimum atomic E-state index is 0.501. The monoisotopic (exact) mass is 349 g/mol. The summed E-state index contributed by atoms with van der Waals surface area (Å²) in [5.41, 5.74) is 6.19. The lowest BCUT2D eigenvalue weighted by Gasteiger charge is -2.11. The normalized spacial score (nSPS) is 11.4. The maximum absolute atomic E-state index is 4.61. The Morgan fingerprint density at radius 1 is 1.24 bits per heavy atom. The molecule has 1 aromatic heterocycles. The fourth-order valence-corrected chi connectivity index (χ4v) is 2.80. The Balaban J connectivity index is 2.15. The molecule has 1 N–H and O–H groups in total. The number of hydrogen-bond donors (Lipinski definition) is 1. The molecule has 0 aliphatic carbocycles. The standard InChI is InChI=1S/C17H24BrN3/c1-11(2)19-9-15-6-7-16(17(18)8-15)10-21-14(5)12(3)13(4)20-21/h6-8,11,19H,9-10H2,1-5H3. The highest BCUT2D eigenvalue weighted by molar-refractivity contribution is 9.10. The van der Waals surface area contributed by atoms with Gasteiger partial charge in [0, 0.05) is 22.8 Å². The van der Waals surface area contributed by atoms with Gasteiger partial charge in [-0.3, -0.25) is 4.68 Å². The van der Waals surface area contributed by atoms with E-state index in [-0.39, 0.29) is 0 Å². The zero-order chi connectivity index (χ0) is 15.6. The topological polar surface area (TPSA) is 29.9 Å². The third kappa shape index (κ3) is 3.95. The van der Waals surface area contributed by atoms with Crippen LogP contribution in [0.4, 0.5) is 0 Å². The van der Waals surface area contributed by atoms with Crippen molar-refractivity contribution in [2.75, 3.05) is 0 Å². The fraction of sp³-hybridized carbons (Fsp3) is 0.471. The highest BCUT2D eigenvalue weighted by atomic mass is 79.9. The average molecular weight is 350 g/mol. The van der Waals surface area contributed by atoms with Crippen LogP contribution in [0.2, 0.25) is 0 Å². The Morgan fingerprint density at radius 3 is 2.48 bits per heavy atom. The Morgan fingerprint density at radius 2 is 1.95 bits per heavy atom. The molecule has 0 unspecified atom stereocenters. The number of hydrogen-bond acceptors (Lipinski definition) is 2. The van der Waals surface area contributed by atoms with Crippen LogP contribution < -0.4 is 5.32 Å². The maximum atomic E-state index is 4.61. The van der Waals surface area contributed by atoms with E-state index in [1.165, 1.54) is 22.4 Å². The van der Waals surface area contributed by atoms with Crippen molar-refractivity contribution in [1.29, 1.82) is 0 Å². The van der Waals surface area contributed by atoms with Gasteiger partial charge in [0.05, 0.1) is 12.2 Å². The molecule has 0 radical (unpaired) electrons. The van der Waals surface area contributed by atoms with Crippen LogP contribution in [-0.4, -0.2) is 15.8 Å². The zero-order valence-electron chi connectivity index (χ0n) is 13.5. The summed E-state index contributed by atoms with van der Waals surface area (Å²) in [6.07, 6.45) is 0. The van der Waals surface area contributed by atoms with E-state index in [2.05, 4.69) is 83.8 Å². The lowest BCUT2D eigenvalue weighted by Crippen LogP contribution is -2.21. The predicted molar refractivity (Wildman–Crippen MR) is 91.7 cm³/mol. The summed E-state index contributed by atoms with van der Waals surface area (Å²) in [6, 6.07) is 7.07. The molecule has 0 saturated carbocycles. The van der Waals surface area contributed by atoms with Crippen molar-refractivity contribution >= 4 is 15.9 Å². The first-order chi connectivity index (χ1) is 9.88. The summed E-state index contributed by atoms with van der Waals surface area (Å²) < 4.78 is 3.23. The molecule has 21 heavy (non-hydrogen) atoms. The van der Waals surface area contributed by atoms with E-state index in [0.717, 1.165) is 23.3 Å². The van der Waals surface area contributed by atoms with Gasteiger partial charge in [-0.05, 0) is 43.5 Å². The van der Waals surface area contributed by atoms with Gasteiger partial charge >= 0.3 is 0 Å². The van der Waals surface area contributed by atoms with Crippen LogP contribution in [0.1, 0.15) is 41.9 Å². The number of nitrogens with one attached hydrogen (secondary N) is 1. The van der Waals surface area contributed by atoms with E-state index >= 15 is 0 Å². The molecule has 0 amide bonds. The SMILES string of the molecule is Cc1nn(Cc2ccc(CNC(C)C)cc2Br)c(C)c1C. The first kappa shape index (κ1) is 16.2. The Kier molecular flexibility index (Phi) is 5.22. The molecule has 114 valence electrons. The summed E-state index contributed by atoms with van der Waals surface area (Å²) in [5, 5.41) is 8.05. The minimum Gasteiger partial charge on any atom is -0.310 e. The molecule has 0 spiro atoms. The first-order valence-electron chi connectivity index (χ1n) is 7.39. The van der Waals surface area contributed by atoms with Crippen molar-refractivity contribution in [3.05, 3.63) is 50.8 Å². The highest BCUT2D eigenvalue weighted by Crippen LogP contribution is 2.21. The third-order valence-electron chi connectivity index (χ3n) is 3.90. The summed E-state index contributed by atoms with van der Waals surface area (Å²) in [5.74, 6) is 0. The molecule has 4 heteroatoms. The second kappa shape index (κ2) is 6.75. The molecule has 0 bridgehead atoms. The highest BCUT2D eigenvalue weighted by Gasteiger charge is 2.09. The van der Waals surface area contributed by atoms with Gasteiger partial charge in [-0.1, -0.05) is 41.9 Å². The van der Waals surface area contributed by atoms with Crippen LogP contribution in [0, 0.1) is 20.8 Å². The molecule has 1 aromatic carbocycles. The molecule has 2 aromatic rings. The van der Waals surface area contributed by atoms with Gasteiger partial charge in [0.25, 0.3) is 0 Å². The van der Waals surface area contributed by atoms with Gasteiger partial charge in [-0.25, -0.2) is 0 Å². The Labute approximate surface area is 135 Å². The number of aryl methyl sites for hydroxylation is 1. The lowest BCUT2D eigenvalue weighted by atomic mass is 10.1. The van der Waals surface area contributed by atoms with E-state index in [9.17, 15) is 0 Å². The quantitative estimate of drug-likeness (QED) is 0.879. The van der Waals surface area contributed by atoms with E-state index in [0.29, 0.717) is 6.04 Å². The molecular formula is C17H24BrN3. The van der Waals surface area contributed by atoms with Crippen molar-refractivity contribution in [3.8, 4) is 0 Å². The van der Waals surface area contributed by atoms with Gasteiger partial charge in [-0.2, -0.15) is 5.10 Å². The fourth-order valence-electron chi connectivity index (χ4n) is 2.25. The van der Waals surface area contributed by atoms with Gasteiger partial charge < -0.3 is 5.32 Å². The van der Waals surface area contributed by atoms with Crippen LogP contribution in [-0.2, 0) is 13.1 Å². The second-order valence-corrected chi connectivity index (χ2v) is 6.77. The molecule has 0 aliphatic rings. The van der Waals surface area contributed by atoms with Gasteiger partial charge in [0.1, 0.15) is 0 Å². The second-order valence-electron chi connectivity index (χ2n) is 5.91. The number of rotatable bonds is 5. The summed E-state index contributed by atoms with van der Waals surface area (Å²) >= 11 is 3.69. The number of halogens is 1. The van der Waals surface area contributed by atoms with Crippen LogP contribution in [0.3, 0.4) is 0 Å². The largest absolute Gasteiger partial charge is 0.310 e. The van der Waals surface area contributed by atoms with Gasteiger partial charge in [0.2, 0.25) is 0 Å². The zero-order valence-corrected chi connectivity index (χ0v) is 15.1. The Hall–Kier alpha value is -1.13. The average Bonchev–Trinajstić information content (AvgIpc) is 2.66. The molecular weight excluding hydrogens is 326 g/mol. The van der Waals surface area contributed by atoms with E-state index in [1.807, 2.05) is 0 Å². The van der Waals surface area contributed by atoms with Crippen molar-refractivity contribution in [2.24, 2.45) is 0 Å². The van der Waals surface area contributed by atoms with Gasteiger partial charge in [0.15, 0.2) is 0 Å². The van der Waals surface area contributed by atoms with E-state index in [4.69, 9.17) is 0 Å². The molecule has 0 aliphatic heterocycles. The van der Waals surface area contributed by atoms with E-state index < -0.39 is 0 Å². The van der Waals surface area contributed by atoms with E-state index in [1.54, 1.807) is 0 Å². The molecule has 0 fully saturated rings. The Bertz CT molecular complexity index is 629. The molecule has 0 atom stereocenters. The summed E-state index contributed by atoms with van der Waals surface area (Å²) in [7, 11) is 0. The predicted octanol–water partition coefficient (Wildman–Crippen LogP) is 4.12. The summed E-state index contributed by atoms with van der Waals surface area (Å²) in [6.45, 7) is 12.3. The van der Waals surface area contributed by atoms with Crippen LogP contribution in [0.15, 0.2) is 22.7 Å². The third-order valence-corrected chi connectivity index (χ3v) is 4.63. The maximum Gasteiger partial charge on any atom is 0.0673 e. The molecule has 2 rings (SSSR count). The molecule has 0 saturated heterocycles. The summed E-state index contributed by atoms with van der Waals surface area (Å²) in [4.78, 5) is 0. The van der Waals surface area contributed by atoms with Crippen molar-refractivity contribution in [2.45, 2.75) is 53.8 Å². The molecule has 3 nitrogen and oxygen atoms in total. The number of nitrogens with zero attached hydrogens (tertiary/aromatic N) is 2. The number of benzene rings is 1. The molecule has 1 heterocycles. The van der Waals surface area contributed by atoms with Crippen LogP contribution in [0.5, 0.6) is 0 Å². The van der Waals surface area contributed by atoms with Crippen molar-refractivity contribution < 1.29 is 0 Å². The lowest BCUT2D eigenvalue weighted by molar-refractivity contribution is 0.588. The van der Waals surface area contributed by atoms with Crippen LogP contribution in [0.25, 0.3) is 0 Å². The first-order valence-corrected chi connectivity index (χ1v) is 8.19. The van der Waals surface area contributed by atoms with Crippen molar-refractivity contribution in [3.63, 3.8) is 0 Å². The van der Waals surface area contributed by atoms with Gasteiger partial charge in [-0.15, -0.1) is 0 Å².